The average Bonchev–Trinajstić information content (AvgIpc) is 3.02. The van der Waals surface area contributed by atoms with Crippen molar-refractivity contribution < 1.29 is 4.79 Å². The van der Waals surface area contributed by atoms with Crippen LogP contribution in [0.25, 0.3) is 5.69 Å². The number of amides is 1. The van der Waals surface area contributed by atoms with Crippen LogP contribution in [-0.2, 0) is 17.8 Å². The van der Waals surface area contributed by atoms with Crippen LogP contribution in [0.1, 0.15) is 23.9 Å². The third-order valence-electron chi connectivity index (χ3n) is 4.18. The molecule has 0 fully saturated rings. The van der Waals surface area contributed by atoms with Crippen LogP contribution in [0.15, 0.2) is 54.6 Å². The van der Waals surface area contributed by atoms with Crippen molar-refractivity contribution in [3.05, 3.63) is 71.5 Å². The Labute approximate surface area is 165 Å². The van der Waals surface area contributed by atoms with Crippen molar-refractivity contribution in [2.45, 2.75) is 26.8 Å². The fourth-order valence-electron chi connectivity index (χ4n) is 2.74. The summed E-state index contributed by atoms with van der Waals surface area (Å²) in [6.07, 6.45) is 0.189. The van der Waals surface area contributed by atoms with Gasteiger partial charge in [0.2, 0.25) is 5.91 Å². The van der Waals surface area contributed by atoms with Gasteiger partial charge in [-0.25, -0.2) is 4.68 Å². The first-order chi connectivity index (χ1) is 12.7. The van der Waals surface area contributed by atoms with Gasteiger partial charge in [0.1, 0.15) is 0 Å². The molecule has 0 spiro atoms. The monoisotopic (exact) mass is 385 g/mol. The fraction of sp³-hybridized carbons (Fsp3) is 0.250. The van der Waals surface area contributed by atoms with Crippen molar-refractivity contribution in [3.63, 3.8) is 0 Å². The van der Waals surface area contributed by atoms with E-state index < -0.39 is 0 Å². The van der Waals surface area contributed by atoms with Gasteiger partial charge in [-0.3, -0.25) is 4.79 Å². The molecule has 1 aromatic heterocycles. The maximum absolute atomic E-state index is 12.5. The number of anilines is 1. The van der Waals surface area contributed by atoms with Crippen LogP contribution < -0.4 is 10.6 Å². The van der Waals surface area contributed by atoms with E-state index in [2.05, 4.69) is 27.9 Å². The lowest BCUT2D eigenvalue weighted by Gasteiger charge is -2.11. The van der Waals surface area contributed by atoms with Crippen LogP contribution in [0, 0.1) is 6.92 Å². The Hall–Kier alpha value is -2.70. The second kappa shape index (κ2) is 9.85. The third kappa shape index (κ3) is 5.15. The van der Waals surface area contributed by atoms with Crippen molar-refractivity contribution in [1.82, 2.24) is 20.3 Å². The number of hydrogen-bond donors (Lipinski definition) is 2. The lowest BCUT2D eigenvalue weighted by Crippen LogP contribution is -2.18. The summed E-state index contributed by atoms with van der Waals surface area (Å²) in [5.41, 5.74) is 4.36. The molecule has 2 aromatic carbocycles. The van der Waals surface area contributed by atoms with Gasteiger partial charge in [-0.15, -0.1) is 17.5 Å². The maximum Gasteiger partial charge on any atom is 0.230 e. The van der Waals surface area contributed by atoms with E-state index in [-0.39, 0.29) is 24.7 Å². The number of nitrogens with zero attached hydrogens (tertiary/aromatic N) is 3. The SMILES string of the molecule is CCNCc1ccccc1NC(=O)Cc1nnn(-c2ccccc2)c1C.Cl. The summed E-state index contributed by atoms with van der Waals surface area (Å²) in [6.45, 7) is 5.58. The standard InChI is InChI=1S/C20H23N5O.ClH/c1-3-21-14-16-9-7-8-12-18(16)22-20(26)13-19-15(2)25(24-23-19)17-10-5-4-6-11-17;/h4-12,21H,3,13-14H2,1-2H3,(H,22,26);1H. The van der Waals surface area contributed by atoms with Gasteiger partial charge in [0, 0.05) is 12.2 Å². The third-order valence-corrected chi connectivity index (χ3v) is 4.18. The van der Waals surface area contributed by atoms with Crippen molar-refractivity contribution in [3.8, 4) is 5.69 Å². The molecule has 7 heteroatoms. The van der Waals surface area contributed by atoms with Gasteiger partial charge >= 0.3 is 0 Å². The molecule has 142 valence electrons. The molecule has 1 amide bonds. The highest BCUT2D eigenvalue weighted by molar-refractivity contribution is 5.92. The maximum atomic E-state index is 12.5. The molecule has 0 aliphatic carbocycles. The first kappa shape index (κ1) is 20.6. The molecule has 0 unspecified atom stereocenters. The van der Waals surface area contributed by atoms with Gasteiger partial charge in [0.15, 0.2) is 0 Å². The Kier molecular flexibility index (Phi) is 7.52. The second-order valence-corrected chi connectivity index (χ2v) is 6.03. The van der Waals surface area contributed by atoms with Gasteiger partial charge in [-0.05, 0) is 37.2 Å². The van der Waals surface area contributed by atoms with E-state index in [1.165, 1.54) is 0 Å². The molecule has 3 rings (SSSR count). The summed E-state index contributed by atoms with van der Waals surface area (Å²) in [7, 11) is 0. The highest BCUT2D eigenvalue weighted by Gasteiger charge is 2.14. The highest BCUT2D eigenvalue weighted by Crippen LogP contribution is 2.16. The smallest absolute Gasteiger partial charge is 0.230 e. The van der Waals surface area contributed by atoms with Crippen molar-refractivity contribution in [2.24, 2.45) is 0 Å². The summed E-state index contributed by atoms with van der Waals surface area (Å²) in [5, 5.41) is 14.6. The zero-order chi connectivity index (χ0) is 18.4. The Morgan fingerprint density at radius 1 is 1.07 bits per heavy atom. The first-order valence-corrected chi connectivity index (χ1v) is 8.74. The van der Waals surface area contributed by atoms with Crippen molar-refractivity contribution >= 4 is 24.0 Å². The fourth-order valence-corrected chi connectivity index (χ4v) is 2.74. The molecule has 0 aliphatic rings. The van der Waals surface area contributed by atoms with Crippen LogP contribution in [0.3, 0.4) is 0 Å². The summed E-state index contributed by atoms with van der Waals surface area (Å²) in [6, 6.07) is 17.6. The van der Waals surface area contributed by atoms with E-state index in [1.807, 2.05) is 61.5 Å². The summed E-state index contributed by atoms with van der Waals surface area (Å²) < 4.78 is 1.75. The molecule has 0 saturated heterocycles. The molecule has 1 heterocycles. The number of halogens is 1. The summed E-state index contributed by atoms with van der Waals surface area (Å²) in [4.78, 5) is 12.5. The van der Waals surface area contributed by atoms with E-state index in [0.717, 1.165) is 35.7 Å². The average molecular weight is 386 g/mol. The van der Waals surface area contributed by atoms with Crippen molar-refractivity contribution in [1.29, 1.82) is 0 Å². The number of aromatic nitrogens is 3. The van der Waals surface area contributed by atoms with Gasteiger partial charge in [0.25, 0.3) is 0 Å². The Bertz CT molecular complexity index is 879. The number of hydrogen-bond acceptors (Lipinski definition) is 4. The molecule has 0 radical (unpaired) electrons. The zero-order valence-corrected chi connectivity index (χ0v) is 16.3. The number of nitrogens with one attached hydrogen (secondary N) is 2. The van der Waals surface area contributed by atoms with Gasteiger partial charge in [0.05, 0.1) is 23.5 Å². The minimum atomic E-state index is -0.0999. The Morgan fingerprint density at radius 2 is 1.78 bits per heavy atom. The van der Waals surface area contributed by atoms with Crippen LogP contribution in [0.2, 0.25) is 0 Å². The van der Waals surface area contributed by atoms with E-state index in [4.69, 9.17) is 0 Å². The number of benzene rings is 2. The lowest BCUT2D eigenvalue weighted by atomic mass is 10.1. The number of para-hydroxylation sites is 2. The summed E-state index contributed by atoms with van der Waals surface area (Å²) in [5.74, 6) is -0.0999. The van der Waals surface area contributed by atoms with Crippen LogP contribution in [-0.4, -0.2) is 27.4 Å². The minimum absolute atomic E-state index is 0. The van der Waals surface area contributed by atoms with E-state index in [9.17, 15) is 4.79 Å². The highest BCUT2D eigenvalue weighted by atomic mass is 35.5. The Balaban J connectivity index is 0.00000261. The largest absolute Gasteiger partial charge is 0.325 e. The lowest BCUT2D eigenvalue weighted by molar-refractivity contribution is -0.115. The Morgan fingerprint density at radius 3 is 2.52 bits per heavy atom. The minimum Gasteiger partial charge on any atom is -0.325 e. The van der Waals surface area contributed by atoms with Crippen LogP contribution in [0.5, 0.6) is 0 Å². The second-order valence-electron chi connectivity index (χ2n) is 6.03. The summed E-state index contributed by atoms with van der Waals surface area (Å²) >= 11 is 0. The predicted octanol–water partition coefficient (Wildman–Crippen LogP) is 3.29. The van der Waals surface area contributed by atoms with E-state index in [1.54, 1.807) is 4.68 Å². The van der Waals surface area contributed by atoms with E-state index in [0.29, 0.717) is 5.69 Å². The van der Waals surface area contributed by atoms with E-state index >= 15 is 0 Å². The molecule has 27 heavy (non-hydrogen) atoms. The molecule has 6 nitrogen and oxygen atoms in total. The molecule has 3 aromatic rings. The quantitative estimate of drug-likeness (QED) is 0.654. The predicted molar refractivity (Wildman–Crippen MR) is 110 cm³/mol. The first-order valence-electron chi connectivity index (χ1n) is 8.74. The molecular weight excluding hydrogens is 362 g/mol. The van der Waals surface area contributed by atoms with Gasteiger partial charge in [-0.2, -0.15) is 0 Å². The normalized spacial score (nSPS) is 10.3. The topological polar surface area (TPSA) is 71.8 Å². The van der Waals surface area contributed by atoms with Gasteiger partial charge < -0.3 is 10.6 Å². The number of carbonyl (C=O) groups excluding carboxylic acids is 1. The number of carbonyl (C=O) groups is 1. The van der Waals surface area contributed by atoms with Crippen LogP contribution in [0.4, 0.5) is 5.69 Å². The van der Waals surface area contributed by atoms with Crippen molar-refractivity contribution in [2.75, 3.05) is 11.9 Å². The molecule has 0 atom stereocenters. The molecule has 2 N–H and O–H groups in total. The zero-order valence-electron chi connectivity index (χ0n) is 15.5. The molecule has 0 aliphatic heterocycles. The molecule has 0 saturated carbocycles. The molecular formula is C20H24ClN5O. The molecule has 0 bridgehead atoms. The van der Waals surface area contributed by atoms with Crippen LogP contribution >= 0.6 is 12.4 Å². The number of rotatable bonds is 7. The van der Waals surface area contributed by atoms with Gasteiger partial charge in [-0.1, -0.05) is 48.5 Å².